The molecule has 0 heterocycles. The van der Waals surface area contributed by atoms with E-state index in [0.29, 0.717) is 0 Å². The predicted molar refractivity (Wildman–Crippen MR) is 70.3 cm³/mol. The lowest BCUT2D eigenvalue weighted by molar-refractivity contribution is 0.586. The van der Waals surface area contributed by atoms with Crippen LogP contribution in [0.25, 0.3) is 0 Å². The average Bonchev–Trinajstić information content (AvgIpc) is 2.25. The number of nitrogens with one attached hydrogen (secondary N) is 1. The lowest BCUT2D eigenvalue weighted by Crippen LogP contribution is -1.99. The van der Waals surface area contributed by atoms with Crippen molar-refractivity contribution in [3.05, 3.63) is 58.7 Å². The minimum Gasteiger partial charge on any atom is -0.353 e. The molecule has 0 unspecified atom stereocenters. The van der Waals surface area contributed by atoms with E-state index in [2.05, 4.69) is 5.32 Å². The van der Waals surface area contributed by atoms with Gasteiger partial charge in [0.15, 0.2) is 0 Å². The van der Waals surface area contributed by atoms with Crippen molar-refractivity contribution in [1.82, 2.24) is 0 Å². The molecule has 1 N–H and O–H groups in total. The third-order valence-corrected chi connectivity index (χ3v) is 2.87. The van der Waals surface area contributed by atoms with Crippen LogP contribution in [-0.2, 0) is 0 Å². The Hall–Kier alpha value is -1.90. The highest BCUT2D eigenvalue weighted by Gasteiger charge is 2.08. The van der Waals surface area contributed by atoms with E-state index in [0.717, 1.165) is 28.4 Å². The summed E-state index contributed by atoms with van der Waals surface area (Å²) in [4.78, 5) is 0. The number of anilines is 2. The molecule has 0 saturated carbocycles. The molecule has 2 aromatic rings. The van der Waals surface area contributed by atoms with Gasteiger partial charge < -0.3 is 5.32 Å². The van der Waals surface area contributed by atoms with Crippen LogP contribution in [0, 0.1) is 32.4 Å². The Morgan fingerprint density at radius 2 is 1.50 bits per heavy atom. The van der Waals surface area contributed by atoms with Crippen LogP contribution < -0.4 is 5.32 Å². The first-order valence-corrected chi connectivity index (χ1v) is 5.77. The van der Waals surface area contributed by atoms with Crippen molar-refractivity contribution in [1.29, 1.82) is 0 Å². The van der Waals surface area contributed by atoms with E-state index in [-0.39, 0.29) is 5.69 Å². The minimum absolute atomic E-state index is 0.284. The van der Waals surface area contributed by atoms with Crippen LogP contribution >= 0.6 is 0 Å². The van der Waals surface area contributed by atoms with E-state index in [1.165, 1.54) is 12.1 Å². The quantitative estimate of drug-likeness (QED) is 0.815. The second-order valence-corrected chi connectivity index (χ2v) is 4.52. The molecule has 0 radical (unpaired) electrons. The van der Waals surface area contributed by atoms with Gasteiger partial charge in [-0.25, -0.2) is 8.78 Å². The fourth-order valence-electron chi connectivity index (χ4n) is 2.10. The molecular formula is C15H15F2N. The first-order chi connectivity index (χ1) is 8.47. The summed E-state index contributed by atoms with van der Waals surface area (Å²) in [5, 5.41) is 3.02. The van der Waals surface area contributed by atoms with Gasteiger partial charge in [-0.3, -0.25) is 0 Å². The van der Waals surface area contributed by atoms with Gasteiger partial charge in [-0.2, -0.15) is 0 Å². The van der Waals surface area contributed by atoms with Crippen molar-refractivity contribution < 1.29 is 8.78 Å². The van der Waals surface area contributed by atoms with Crippen molar-refractivity contribution in [2.75, 3.05) is 5.32 Å². The summed E-state index contributed by atoms with van der Waals surface area (Å²) < 4.78 is 26.4. The van der Waals surface area contributed by atoms with Crippen molar-refractivity contribution >= 4 is 11.4 Å². The van der Waals surface area contributed by atoms with Gasteiger partial charge in [0, 0.05) is 11.8 Å². The molecule has 3 heteroatoms. The van der Waals surface area contributed by atoms with E-state index >= 15 is 0 Å². The monoisotopic (exact) mass is 247 g/mol. The molecule has 0 amide bonds. The van der Waals surface area contributed by atoms with Gasteiger partial charge in [0.1, 0.15) is 11.6 Å². The summed E-state index contributed by atoms with van der Waals surface area (Å²) in [5.41, 5.74) is 4.39. The normalized spacial score (nSPS) is 10.5. The summed E-state index contributed by atoms with van der Waals surface area (Å²) >= 11 is 0. The molecule has 0 bridgehead atoms. The Balaban J connectivity index is 2.40. The molecule has 0 atom stereocenters. The molecule has 18 heavy (non-hydrogen) atoms. The first kappa shape index (κ1) is 12.6. The number of hydrogen-bond acceptors (Lipinski definition) is 1. The summed E-state index contributed by atoms with van der Waals surface area (Å²) in [6.07, 6.45) is 0. The smallest absolute Gasteiger partial charge is 0.149 e. The highest BCUT2D eigenvalue weighted by molar-refractivity contribution is 5.67. The van der Waals surface area contributed by atoms with Crippen LogP contribution in [0.5, 0.6) is 0 Å². The molecule has 2 aromatic carbocycles. The minimum atomic E-state index is -0.589. The molecule has 0 spiro atoms. The van der Waals surface area contributed by atoms with E-state index in [9.17, 15) is 8.78 Å². The Morgan fingerprint density at radius 1 is 0.889 bits per heavy atom. The molecule has 0 aliphatic heterocycles. The zero-order valence-electron chi connectivity index (χ0n) is 10.6. The van der Waals surface area contributed by atoms with Gasteiger partial charge in [0.2, 0.25) is 0 Å². The second-order valence-electron chi connectivity index (χ2n) is 4.52. The largest absolute Gasteiger partial charge is 0.353 e. The van der Waals surface area contributed by atoms with Crippen LogP contribution in [0.2, 0.25) is 0 Å². The standard InChI is InChI=1S/C15H15F2N/c1-9-6-10(2)15(11(3)7-9)18-14-5-4-12(16)8-13(14)17/h4-8,18H,1-3H3. The predicted octanol–water partition coefficient (Wildman–Crippen LogP) is 4.63. The number of halogens is 2. The molecule has 94 valence electrons. The first-order valence-electron chi connectivity index (χ1n) is 5.77. The zero-order chi connectivity index (χ0) is 13.3. The summed E-state index contributed by atoms with van der Waals surface area (Å²) in [6.45, 7) is 5.94. The second kappa shape index (κ2) is 4.77. The molecule has 0 aromatic heterocycles. The highest BCUT2D eigenvalue weighted by atomic mass is 19.1. The number of benzene rings is 2. The van der Waals surface area contributed by atoms with Crippen molar-refractivity contribution in [3.8, 4) is 0 Å². The van der Waals surface area contributed by atoms with Gasteiger partial charge in [-0.15, -0.1) is 0 Å². The average molecular weight is 247 g/mol. The molecule has 0 aliphatic carbocycles. The Labute approximate surface area is 105 Å². The van der Waals surface area contributed by atoms with E-state index in [1.807, 2.05) is 32.9 Å². The van der Waals surface area contributed by atoms with Gasteiger partial charge in [-0.05, 0) is 44.0 Å². The van der Waals surface area contributed by atoms with E-state index < -0.39 is 11.6 Å². The summed E-state index contributed by atoms with van der Waals surface area (Å²) in [7, 11) is 0. The van der Waals surface area contributed by atoms with Gasteiger partial charge in [0.25, 0.3) is 0 Å². The number of rotatable bonds is 2. The maximum Gasteiger partial charge on any atom is 0.149 e. The summed E-state index contributed by atoms with van der Waals surface area (Å²) in [6, 6.07) is 7.57. The Morgan fingerprint density at radius 3 is 2.06 bits per heavy atom. The van der Waals surface area contributed by atoms with Crippen molar-refractivity contribution in [3.63, 3.8) is 0 Å². The fourth-order valence-corrected chi connectivity index (χ4v) is 2.10. The zero-order valence-corrected chi connectivity index (χ0v) is 10.6. The molecule has 1 nitrogen and oxygen atoms in total. The SMILES string of the molecule is Cc1cc(C)c(Nc2ccc(F)cc2F)c(C)c1. The molecule has 0 aliphatic rings. The van der Waals surface area contributed by atoms with E-state index in [4.69, 9.17) is 0 Å². The lowest BCUT2D eigenvalue weighted by Gasteiger charge is -2.14. The topological polar surface area (TPSA) is 12.0 Å². The van der Waals surface area contributed by atoms with Crippen LogP contribution in [0.15, 0.2) is 30.3 Å². The van der Waals surface area contributed by atoms with E-state index in [1.54, 1.807) is 0 Å². The maximum atomic E-state index is 13.6. The van der Waals surface area contributed by atoms with Gasteiger partial charge in [-0.1, -0.05) is 17.7 Å². The third kappa shape index (κ3) is 2.50. The van der Waals surface area contributed by atoms with Crippen molar-refractivity contribution in [2.24, 2.45) is 0 Å². The number of aryl methyl sites for hydroxylation is 3. The molecule has 2 rings (SSSR count). The molecular weight excluding hydrogens is 232 g/mol. The highest BCUT2D eigenvalue weighted by Crippen LogP contribution is 2.27. The third-order valence-electron chi connectivity index (χ3n) is 2.87. The molecule has 0 saturated heterocycles. The van der Waals surface area contributed by atoms with Crippen LogP contribution in [0.4, 0.5) is 20.2 Å². The summed E-state index contributed by atoms with van der Waals surface area (Å²) in [5.74, 6) is -1.16. The molecule has 0 fully saturated rings. The Kier molecular flexibility index (Phi) is 3.32. The van der Waals surface area contributed by atoms with Crippen molar-refractivity contribution in [2.45, 2.75) is 20.8 Å². The van der Waals surface area contributed by atoms with Gasteiger partial charge >= 0.3 is 0 Å². The van der Waals surface area contributed by atoms with Crippen LogP contribution in [0.1, 0.15) is 16.7 Å². The van der Waals surface area contributed by atoms with Gasteiger partial charge in [0.05, 0.1) is 5.69 Å². The maximum absolute atomic E-state index is 13.6. The lowest BCUT2D eigenvalue weighted by atomic mass is 10.0. The van der Waals surface area contributed by atoms with Crippen LogP contribution in [-0.4, -0.2) is 0 Å². The fraction of sp³-hybridized carbons (Fsp3) is 0.200. The Bertz CT molecular complexity index is 568. The number of hydrogen-bond donors (Lipinski definition) is 1. The van der Waals surface area contributed by atoms with Crippen LogP contribution in [0.3, 0.4) is 0 Å².